The van der Waals surface area contributed by atoms with Crippen LogP contribution in [0, 0.1) is 18.6 Å². The summed E-state index contributed by atoms with van der Waals surface area (Å²) in [7, 11) is 0. The molecule has 84 valence electrons. The quantitative estimate of drug-likeness (QED) is 0.835. The molecule has 0 heterocycles. The van der Waals surface area contributed by atoms with E-state index < -0.39 is 11.6 Å². The average molecular weight is 215 g/mol. The van der Waals surface area contributed by atoms with E-state index in [0.29, 0.717) is 24.1 Å². The number of halogens is 2. The van der Waals surface area contributed by atoms with Crippen LogP contribution in [0.25, 0.3) is 0 Å². The van der Waals surface area contributed by atoms with Crippen molar-refractivity contribution in [3.05, 3.63) is 28.8 Å². The van der Waals surface area contributed by atoms with E-state index in [2.05, 4.69) is 0 Å². The van der Waals surface area contributed by atoms with E-state index >= 15 is 0 Å². The smallest absolute Gasteiger partial charge is 0.190 e. The van der Waals surface area contributed by atoms with Crippen LogP contribution in [-0.4, -0.2) is 13.2 Å². The lowest BCUT2D eigenvalue weighted by Gasteiger charge is -2.11. The lowest BCUT2D eigenvalue weighted by Crippen LogP contribution is -2.08. The summed E-state index contributed by atoms with van der Waals surface area (Å²) in [6, 6.07) is 1.29. The van der Waals surface area contributed by atoms with E-state index in [4.69, 9.17) is 10.5 Å². The number of rotatable bonds is 4. The number of hydrogen-bond donors (Lipinski definition) is 1. The van der Waals surface area contributed by atoms with Gasteiger partial charge >= 0.3 is 0 Å². The zero-order valence-corrected chi connectivity index (χ0v) is 8.94. The molecule has 0 unspecified atom stereocenters. The Morgan fingerprint density at radius 1 is 1.40 bits per heavy atom. The van der Waals surface area contributed by atoms with Crippen LogP contribution in [0.4, 0.5) is 8.78 Å². The summed E-state index contributed by atoms with van der Waals surface area (Å²) in [4.78, 5) is 0. The number of ether oxygens (including phenoxy) is 1. The van der Waals surface area contributed by atoms with Crippen molar-refractivity contribution in [1.29, 1.82) is 0 Å². The molecule has 0 amide bonds. The van der Waals surface area contributed by atoms with Crippen LogP contribution in [0.1, 0.15) is 18.1 Å². The number of hydrogen-bond acceptors (Lipinski definition) is 2. The molecule has 2 nitrogen and oxygen atoms in total. The number of benzene rings is 1. The Morgan fingerprint density at radius 3 is 2.60 bits per heavy atom. The van der Waals surface area contributed by atoms with Crippen LogP contribution < -0.4 is 10.5 Å². The minimum absolute atomic E-state index is 0.240. The summed E-state index contributed by atoms with van der Waals surface area (Å²) in [6.45, 7) is 3.89. The Hall–Kier alpha value is -1.16. The van der Waals surface area contributed by atoms with E-state index in [1.165, 1.54) is 6.07 Å². The fourth-order valence-electron chi connectivity index (χ4n) is 1.43. The lowest BCUT2D eigenvalue weighted by atomic mass is 10.0. The molecule has 1 aromatic carbocycles. The summed E-state index contributed by atoms with van der Waals surface area (Å²) in [6.07, 6.45) is 0.464. The van der Waals surface area contributed by atoms with E-state index in [1.807, 2.05) is 0 Å². The van der Waals surface area contributed by atoms with Gasteiger partial charge in [0.2, 0.25) is 0 Å². The van der Waals surface area contributed by atoms with Gasteiger partial charge in [0, 0.05) is 0 Å². The zero-order valence-electron chi connectivity index (χ0n) is 8.94. The molecule has 15 heavy (non-hydrogen) atoms. The largest absolute Gasteiger partial charge is 0.488 e. The Bertz CT molecular complexity index is 353. The highest BCUT2D eigenvalue weighted by Crippen LogP contribution is 2.27. The van der Waals surface area contributed by atoms with Gasteiger partial charge in [0.05, 0.1) is 6.61 Å². The maximum Gasteiger partial charge on any atom is 0.190 e. The summed E-state index contributed by atoms with van der Waals surface area (Å²) >= 11 is 0. The van der Waals surface area contributed by atoms with Gasteiger partial charge in [-0.05, 0) is 44.0 Å². The van der Waals surface area contributed by atoms with Crippen LogP contribution in [-0.2, 0) is 6.42 Å². The molecule has 4 heteroatoms. The zero-order chi connectivity index (χ0) is 11.4. The van der Waals surface area contributed by atoms with Crippen molar-refractivity contribution < 1.29 is 13.5 Å². The highest BCUT2D eigenvalue weighted by atomic mass is 19.1. The summed E-state index contributed by atoms with van der Waals surface area (Å²) in [5.41, 5.74) is 6.35. The second kappa shape index (κ2) is 5.07. The first-order chi connectivity index (χ1) is 7.11. The van der Waals surface area contributed by atoms with Gasteiger partial charge in [0.15, 0.2) is 17.4 Å². The summed E-state index contributed by atoms with van der Waals surface area (Å²) in [5, 5.41) is 0. The topological polar surface area (TPSA) is 35.2 Å². The fourth-order valence-corrected chi connectivity index (χ4v) is 1.43. The average Bonchev–Trinajstić information content (AvgIpc) is 2.21. The molecule has 0 aliphatic rings. The van der Waals surface area contributed by atoms with E-state index in [0.717, 1.165) is 0 Å². The molecule has 0 saturated carbocycles. The molecule has 0 aliphatic carbocycles. The SMILES string of the molecule is CCOc1c(F)cc(CCN)c(C)c1F. The van der Waals surface area contributed by atoms with E-state index in [-0.39, 0.29) is 12.4 Å². The Kier molecular flexibility index (Phi) is 4.03. The first-order valence-corrected chi connectivity index (χ1v) is 4.92. The Balaban J connectivity index is 3.18. The third kappa shape index (κ3) is 2.45. The van der Waals surface area contributed by atoms with Gasteiger partial charge in [-0.1, -0.05) is 0 Å². The minimum atomic E-state index is -0.664. The molecular formula is C11H15F2NO. The highest BCUT2D eigenvalue weighted by Gasteiger charge is 2.16. The second-order valence-corrected chi connectivity index (χ2v) is 3.26. The molecule has 1 rings (SSSR count). The van der Waals surface area contributed by atoms with Crippen molar-refractivity contribution in [2.75, 3.05) is 13.2 Å². The van der Waals surface area contributed by atoms with Crippen molar-refractivity contribution in [3.63, 3.8) is 0 Å². The van der Waals surface area contributed by atoms with Gasteiger partial charge in [-0.15, -0.1) is 0 Å². The number of nitrogens with two attached hydrogens (primary N) is 1. The van der Waals surface area contributed by atoms with Gasteiger partial charge in [-0.3, -0.25) is 0 Å². The van der Waals surface area contributed by atoms with Crippen LogP contribution in [0.5, 0.6) is 5.75 Å². The van der Waals surface area contributed by atoms with E-state index in [1.54, 1.807) is 13.8 Å². The van der Waals surface area contributed by atoms with Crippen LogP contribution in [0.2, 0.25) is 0 Å². The van der Waals surface area contributed by atoms with Gasteiger partial charge in [-0.25, -0.2) is 8.78 Å². The third-order valence-corrected chi connectivity index (χ3v) is 2.23. The molecule has 0 aromatic heterocycles. The summed E-state index contributed by atoms with van der Waals surface area (Å²) < 4.78 is 31.9. The monoisotopic (exact) mass is 215 g/mol. The lowest BCUT2D eigenvalue weighted by molar-refractivity contribution is 0.301. The normalized spacial score (nSPS) is 10.5. The highest BCUT2D eigenvalue weighted by molar-refractivity contribution is 5.38. The summed E-state index contributed by atoms with van der Waals surface area (Å²) in [5.74, 6) is -1.58. The molecule has 0 fully saturated rings. The molecule has 0 aliphatic heterocycles. The minimum Gasteiger partial charge on any atom is -0.488 e. The molecule has 0 saturated heterocycles. The van der Waals surface area contributed by atoms with E-state index in [9.17, 15) is 8.78 Å². The first-order valence-electron chi connectivity index (χ1n) is 4.92. The third-order valence-electron chi connectivity index (χ3n) is 2.23. The van der Waals surface area contributed by atoms with Gasteiger partial charge in [0.25, 0.3) is 0 Å². The van der Waals surface area contributed by atoms with Gasteiger partial charge < -0.3 is 10.5 Å². The Morgan fingerprint density at radius 2 is 2.07 bits per heavy atom. The van der Waals surface area contributed by atoms with Crippen molar-refractivity contribution >= 4 is 0 Å². The van der Waals surface area contributed by atoms with Gasteiger partial charge in [-0.2, -0.15) is 0 Å². The van der Waals surface area contributed by atoms with Crippen LogP contribution >= 0.6 is 0 Å². The molecule has 0 spiro atoms. The van der Waals surface area contributed by atoms with Crippen molar-refractivity contribution in [2.24, 2.45) is 5.73 Å². The standard InChI is InChI=1S/C11H15F2NO/c1-3-15-11-9(12)6-8(4-5-14)7(2)10(11)13/h6H,3-5,14H2,1-2H3. The predicted octanol–water partition coefficient (Wildman–Crippen LogP) is 2.17. The molecule has 2 N–H and O–H groups in total. The molecule has 0 radical (unpaired) electrons. The maximum atomic E-state index is 13.6. The molecule has 0 bridgehead atoms. The van der Waals surface area contributed by atoms with Crippen molar-refractivity contribution in [3.8, 4) is 5.75 Å². The van der Waals surface area contributed by atoms with Crippen LogP contribution in [0.3, 0.4) is 0 Å². The Labute approximate surface area is 88.0 Å². The second-order valence-electron chi connectivity index (χ2n) is 3.26. The predicted molar refractivity (Wildman–Crippen MR) is 55.0 cm³/mol. The van der Waals surface area contributed by atoms with Crippen molar-refractivity contribution in [1.82, 2.24) is 0 Å². The molecular weight excluding hydrogens is 200 g/mol. The van der Waals surface area contributed by atoms with Gasteiger partial charge in [0.1, 0.15) is 0 Å². The molecule has 1 aromatic rings. The van der Waals surface area contributed by atoms with Crippen molar-refractivity contribution in [2.45, 2.75) is 20.3 Å². The fraction of sp³-hybridized carbons (Fsp3) is 0.455. The molecule has 0 atom stereocenters. The van der Waals surface area contributed by atoms with Crippen LogP contribution in [0.15, 0.2) is 6.07 Å². The maximum absolute atomic E-state index is 13.6. The first kappa shape index (κ1) is 11.9.